The molecule has 0 bridgehead atoms. The number of hydrogen-bond donors (Lipinski definition) is 0. The van der Waals surface area contributed by atoms with E-state index in [1.54, 1.807) is 39.9 Å². The third-order valence-corrected chi connectivity index (χ3v) is 9.02. The van der Waals surface area contributed by atoms with E-state index in [1.807, 2.05) is 54.6 Å². The van der Waals surface area contributed by atoms with Crippen molar-refractivity contribution in [1.29, 1.82) is 0 Å². The predicted octanol–water partition coefficient (Wildman–Crippen LogP) is 6.88. The van der Waals surface area contributed by atoms with Crippen LogP contribution in [0.3, 0.4) is 0 Å². The summed E-state index contributed by atoms with van der Waals surface area (Å²) in [5.41, 5.74) is 3.84. The molecule has 1 aliphatic rings. The monoisotopic (exact) mass is 509 g/mol. The Balaban J connectivity index is 1.36. The van der Waals surface area contributed by atoms with Crippen molar-refractivity contribution in [2.24, 2.45) is 0 Å². The van der Waals surface area contributed by atoms with E-state index in [2.05, 4.69) is 4.57 Å². The van der Waals surface area contributed by atoms with Crippen LogP contribution in [-0.2, 0) is 11.3 Å². The summed E-state index contributed by atoms with van der Waals surface area (Å²) in [7, 11) is 4.76. The van der Waals surface area contributed by atoms with Crippen molar-refractivity contribution >= 4 is 56.0 Å². The number of methoxy groups -OCH3 is 1. The molecule has 3 heterocycles. The summed E-state index contributed by atoms with van der Waals surface area (Å²) < 4.78 is 14.3. The molecule has 8 heteroatoms. The van der Waals surface area contributed by atoms with Crippen LogP contribution in [-0.4, -0.2) is 22.5 Å². The molecule has 166 valence electrons. The summed E-state index contributed by atoms with van der Waals surface area (Å²) in [5.74, 6) is 0.508. The molecule has 0 N–H and O–H groups in total. The lowest BCUT2D eigenvalue weighted by Crippen LogP contribution is -2.17. The highest BCUT2D eigenvalue weighted by Gasteiger charge is 2.32. The molecule has 0 saturated carbocycles. The second-order valence-electron chi connectivity index (χ2n) is 7.61. The third-order valence-electron chi connectivity index (χ3n) is 5.69. The van der Waals surface area contributed by atoms with Gasteiger partial charge in [-0.15, -0.1) is 0 Å². The Morgan fingerprint density at radius 3 is 2.61 bits per heavy atom. The van der Waals surface area contributed by atoms with Crippen molar-refractivity contribution < 1.29 is 14.3 Å². The summed E-state index contributed by atoms with van der Waals surface area (Å²) in [5, 5.41) is 0. The first-order valence-corrected chi connectivity index (χ1v) is 13.3. The molecular weight excluding hydrogens is 491 g/mol. The molecule has 5 rings (SSSR count). The molecule has 2 aromatic heterocycles. The van der Waals surface area contributed by atoms with Gasteiger partial charge in [0.1, 0.15) is 15.3 Å². The average molecular weight is 510 g/mol. The molecule has 0 aliphatic carbocycles. The highest BCUT2D eigenvalue weighted by Crippen LogP contribution is 2.39. The van der Waals surface area contributed by atoms with Gasteiger partial charge in [0.15, 0.2) is 0 Å². The number of carbonyl (C=O) groups is 1. The normalized spacial score (nSPS) is 14.6. The summed E-state index contributed by atoms with van der Waals surface area (Å²) in [6, 6.07) is 21.3. The van der Waals surface area contributed by atoms with E-state index in [4.69, 9.17) is 33.9 Å². The standard InChI is InChI=1S/C25H19NO3S4/c1-28-21-13-16(7-8-18(21)22-14-23(30)33-32-22)29-25(27)17-11-12-26-19(17)9-10-20(26)24(31)15-5-3-2-4-6-15/h2-10,13-14,17H,11-12H2,1H3. The smallest absolute Gasteiger partial charge is 0.320 e. The van der Waals surface area contributed by atoms with Crippen LogP contribution in [0.15, 0.2) is 66.7 Å². The Labute approximate surface area is 209 Å². The zero-order valence-corrected chi connectivity index (χ0v) is 20.9. The topological polar surface area (TPSA) is 40.5 Å². The quantitative estimate of drug-likeness (QED) is 0.0932. The lowest BCUT2D eigenvalue weighted by atomic mass is 10.1. The van der Waals surface area contributed by atoms with Crippen LogP contribution in [0.4, 0.5) is 0 Å². The highest BCUT2D eigenvalue weighted by atomic mass is 32.9. The fourth-order valence-corrected chi connectivity index (χ4v) is 6.83. The van der Waals surface area contributed by atoms with E-state index in [0.717, 1.165) is 42.6 Å². The largest absolute Gasteiger partial charge is 0.496 e. The Bertz CT molecular complexity index is 1400. The molecule has 1 atom stereocenters. The SMILES string of the molecule is COc1cc(OC(=O)C2CCn3c(C(=S)c4ccccc4)ccc32)ccc1-c1cc(=S)ss1. The summed E-state index contributed by atoms with van der Waals surface area (Å²) >= 11 is 11.0. The zero-order valence-electron chi connectivity index (χ0n) is 17.6. The highest BCUT2D eigenvalue weighted by molar-refractivity contribution is 7.81. The Morgan fingerprint density at radius 2 is 1.88 bits per heavy atom. The Hall–Kier alpha value is -2.65. The van der Waals surface area contributed by atoms with E-state index in [9.17, 15) is 4.79 Å². The van der Waals surface area contributed by atoms with Gasteiger partial charge in [0.2, 0.25) is 0 Å². The van der Waals surface area contributed by atoms with Gasteiger partial charge in [-0.05, 0) is 42.3 Å². The van der Waals surface area contributed by atoms with Crippen molar-refractivity contribution in [3.05, 3.63) is 87.5 Å². The number of fused-ring (bicyclic) bond motifs is 1. The van der Waals surface area contributed by atoms with Gasteiger partial charge in [0, 0.05) is 23.9 Å². The van der Waals surface area contributed by atoms with Gasteiger partial charge in [-0.2, -0.15) is 0 Å². The summed E-state index contributed by atoms with van der Waals surface area (Å²) in [6.07, 6.45) is 0.687. The number of nitrogens with zero attached hydrogens (tertiary/aromatic N) is 1. The van der Waals surface area contributed by atoms with Gasteiger partial charge in [-0.3, -0.25) is 4.79 Å². The molecule has 4 aromatic rings. The van der Waals surface area contributed by atoms with E-state index >= 15 is 0 Å². The number of benzene rings is 2. The lowest BCUT2D eigenvalue weighted by molar-refractivity contribution is -0.136. The second kappa shape index (κ2) is 9.30. The van der Waals surface area contributed by atoms with Gasteiger partial charge in [-0.1, -0.05) is 75.4 Å². The number of thiocarbonyl (C=S) groups is 1. The van der Waals surface area contributed by atoms with Gasteiger partial charge >= 0.3 is 5.97 Å². The van der Waals surface area contributed by atoms with Gasteiger partial charge < -0.3 is 14.0 Å². The molecule has 1 unspecified atom stereocenters. The molecule has 0 fully saturated rings. The van der Waals surface area contributed by atoms with Crippen LogP contribution in [0.25, 0.3) is 10.4 Å². The van der Waals surface area contributed by atoms with Crippen molar-refractivity contribution in [1.82, 2.24) is 4.57 Å². The molecule has 33 heavy (non-hydrogen) atoms. The first-order valence-electron chi connectivity index (χ1n) is 10.3. The maximum Gasteiger partial charge on any atom is 0.320 e. The van der Waals surface area contributed by atoms with E-state index in [1.165, 1.54) is 0 Å². The van der Waals surface area contributed by atoms with Crippen LogP contribution < -0.4 is 9.47 Å². The fraction of sp³-hybridized carbons (Fsp3) is 0.160. The maximum atomic E-state index is 13.1. The zero-order chi connectivity index (χ0) is 22.9. The minimum absolute atomic E-state index is 0.273. The molecule has 0 spiro atoms. The van der Waals surface area contributed by atoms with Gasteiger partial charge in [0.25, 0.3) is 0 Å². The lowest BCUT2D eigenvalue weighted by Gasteiger charge is -2.12. The summed E-state index contributed by atoms with van der Waals surface area (Å²) in [4.78, 5) is 14.9. The first kappa shape index (κ1) is 22.2. The summed E-state index contributed by atoms with van der Waals surface area (Å²) in [6.45, 7) is 0.732. The Morgan fingerprint density at radius 1 is 1.06 bits per heavy atom. The van der Waals surface area contributed by atoms with Crippen molar-refractivity contribution in [2.45, 2.75) is 18.9 Å². The van der Waals surface area contributed by atoms with Crippen molar-refractivity contribution in [3.8, 4) is 21.9 Å². The molecule has 1 aliphatic heterocycles. The minimum Gasteiger partial charge on any atom is -0.496 e. The number of ether oxygens (including phenoxy) is 2. The van der Waals surface area contributed by atoms with Crippen molar-refractivity contribution in [2.75, 3.05) is 7.11 Å². The van der Waals surface area contributed by atoms with Crippen LogP contribution in [0.1, 0.15) is 29.3 Å². The van der Waals surface area contributed by atoms with E-state index in [-0.39, 0.29) is 11.9 Å². The third kappa shape index (κ3) is 4.31. The number of esters is 1. The minimum atomic E-state index is -0.329. The molecule has 4 nitrogen and oxygen atoms in total. The van der Waals surface area contributed by atoms with Crippen molar-refractivity contribution in [3.63, 3.8) is 0 Å². The number of hydrogen-bond acceptors (Lipinski definition) is 7. The van der Waals surface area contributed by atoms with Crippen LogP contribution in [0.2, 0.25) is 0 Å². The van der Waals surface area contributed by atoms with Crippen LogP contribution >= 0.6 is 45.1 Å². The van der Waals surface area contributed by atoms with E-state index < -0.39 is 0 Å². The number of rotatable bonds is 6. The molecular formula is C25H19NO3S4. The Kier molecular flexibility index (Phi) is 6.25. The van der Waals surface area contributed by atoms with Gasteiger partial charge in [0.05, 0.1) is 28.5 Å². The molecule has 0 saturated heterocycles. The fourth-order valence-electron chi connectivity index (χ4n) is 4.11. The van der Waals surface area contributed by atoms with Crippen LogP contribution in [0, 0.1) is 3.82 Å². The predicted molar refractivity (Wildman–Crippen MR) is 140 cm³/mol. The number of carbonyl (C=O) groups excluding carboxylic acids is 1. The van der Waals surface area contributed by atoms with E-state index in [0.29, 0.717) is 17.9 Å². The number of aromatic nitrogens is 1. The average Bonchev–Trinajstić information content (AvgIpc) is 3.55. The first-order chi connectivity index (χ1) is 16.0. The second-order valence-corrected chi connectivity index (χ2v) is 10.9. The molecule has 2 aromatic carbocycles. The van der Waals surface area contributed by atoms with Gasteiger partial charge in [-0.25, -0.2) is 0 Å². The maximum absolute atomic E-state index is 13.1. The van der Waals surface area contributed by atoms with Crippen LogP contribution in [0.5, 0.6) is 11.5 Å². The molecule has 0 amide bonds. The molecule has 0 radical (unpaired) electrons.